The molecule has 4 nitrogen and oxygen atoms in total. The summed E-state index contributed by atoms with van der Waals surface area (Å²) in [6.45, 7) is 20.4. The minimum Gasteiger partial charge on any atom is -0.493 e. The minimum atomic E-state index is 0.506. The van der Waals surface area contributed by atoms with E-state index in [2.05, 4.69) is 79.7 Å². The Morgan fingerprint density at radius 3 is 1.14 bits per heavy atom. The van der Waals surface area contributed by atoms with Crippen molar-refractivity contribution in [1.29, 1.82) is 0 Å². The summed E-state index contributed by atoms with van der Waals surface area (Å²) in [6, 6.07) is 12.2. The van der Waals surface area contributed by atoms with Gasteiger partial charge in [0.05, 0.1) is 26.4 Å². The molecule has 232 valence electrons. The maximum atomic E-state index is 6.17. The third-order valence-corrected chi connectivity index (χ3v) is 7.75. The van der Waals surface area contributed by atoms with Gasteiger partial charge < -0.3 is 18.9 Å². The van der Waals surface area contributed by atoms with Crippen LogP contribution in [0.3, 0.4) is 0 Å². The van der Waals surface area contributed by atoms with Crippen LogP contribution >= 0.6 is 0 Å². The van der Waals surface area contributed by atoms with Gasteiger partial charge in [0.2, 0.25) is 0 Å². The van der Waals surface area contributed by atoms with Gasteiger partial charge in [0.25, 0.3) is 0 Å². The van der Waals surface area contributed by atoms with Gasteiger partial charge in [-0.3, -0.25) is 0 Å². The monoisotopic (exact) mass is 576 g/mol. The summed E-state index contributed by atoms with van der Waals surface area (Å²) in [5, 5.41) is 0. The van der Waals surface area contributed by atoms with Crippen molar-refractivity contribution in [2.75, 3.05) is 26.4 Å². The average molecular weight is 577 g/mol. The molecule has 0 aliphatic heterocycles. The van der Waals surface area contributed by atoms with Crippen LogP contribution in [0.15, 0.2) is 60.7 Å². The average Bonchev–Trinajstić information content (AvgIpc) is 3.02. The number of hydrogen-bond acceptors (Lipinski definition) is 4. The van der Waals surface area contributed by atoms with Gasteiger partial charge in [0.1, 0.15) is 23.0 Å². The largest absolute Gasteiger partial charge is 0.493 e. The number of allylic oxidation sites excluding steroid dienone is 4. The molecule has 0 saturated carbocycles. The molecule has 2 rings (SSSR count). The lowest BCUT2D eigenvalue weighted by molar-refractivity contribution is 0.249. The Labute approximate surface area is 256 Å². The number of hydrogen-bond donors (Lipinski definition) is 0. The van der Waals surface area contributed by atoms with Gasteiger partial charge in [-0.1, -0.05) is 118 Å². The van der Waals surface area contributed by atoms with Crippen molar-refractivity contribution >= 4 is 12.2 Å². The Morgan fingerprint density at radius 1 is 0.476 bits per heavy atom. The zero-order valence-electron chi connectivity index (χ0n) is 27.5. The van der Waals surface area contributed by atoms with Gasteiger partial charge in [-0.25, -0.2) is 0 Å². The molecule has 0 aromatic heterocycles. The van der Waals surface area contributed by atoms with Crippen molar-refractivity contribution in [1.82, 2.24) is 0 Å². The van der Waals surface area contributed by atoms with Crippen molar-refractivity contribution in [3.8, 4) is 23.0 Å². The molecule has 0 fully saturated rings. The van der Waals surface area contributed by atoms with E-state index >= 15 is 0 Å². The standard InChI is InChI=1S/C38H56O4/c1-9-29(5)25-39-35-19-21-37(41-27-31(7)11-3)33(23-35)17-15-13-14-16-18-34-24-36(40-26-30(6)10-2)20-22-38(34)42-28-32(8)12-4/h13-24,29-32H,9-12,25-28H2,1-8H3/b14-13+,17-15+,18-16+/t29-,30-,31-,32-/m0/s1. The van der Waals surface area contributed by atoms with E-state index in [0.717, 1.165) is 59.8 Å². The number of rotatable bonds is 20. The topological polar surface area (TPSA) is 36.9 Å². The Balaban J connectivity index is 2.18. The van der Waals surface area contributed by atoms with E-state index in [4.69, 9.17) is 18.9 Å². The van der Waals surface area contributed by atoms with Crippen molar-refractivity contribution in [3.63, 3.8) is 0 Å². The smallest absolute Gasteiger partial charge is 0.126 e. The van der Waals surface area contributed by atoms with E-state index in [1.807, 2.05) is 48.6 Å². The summed E-state index contributed by atoms with van der Waals surface area (Å²) in [7, 11) is 0. The quantitative estimate of drug-likeness (QED) is 0.147. The highest BCUT2D eigenvalue weighted by Crippen LogP contribution is 2.28. The van der Waals surface area contributed by atoms with E-state index in [9.17, 15) is 0 Å². The number of benzene rings is 2. The highest BCUT2D eigenvalue weighted by molar-refractivity contribution is 5.62. The van der Waals surface area contributed by atoms with Crippen molar-refractivity contribution in [2.24, 2.45) is 23.7 Å². The fourth-order valence-electron chi connectivity index (χ4n) is 3.62. The Hall–Kier alpha value is -3.14. The van der Waals surface area contributed by atoms with Gasteiger partial charge in [0, 0.05) is 11.1 Å². The predicted octanol–water partition coefficient (Wildman–Crippen LogP) is 10.7. The number of ether oxygens (including phenoxy) is 4. The third kappa shape index (κ3) is 13.2. The van der Waals surface area contributed by atoms with Gasteiger partial charge in [-0.2, -0.15) is 0 Å². The Morgan fingerprint density at radius 2 is 0.810 bits per heavy atom. The minimum absolute atomic E-state index is 0.506. The van der Waals surface area contributed by atoms with Crippen LogP contribution in [0.1, 0.15) is 92.2 Å². The van der Waals surface area contributed by atoms with Gasteiger partial charge >= 0.3 is 0 Å². The fourth-order valence-corrected chi connectivity index (χ4v) is 3.62. The molecule has 0 aliphatic rings. The SMILES string of the molecule is CC[C@H](C)COc1ccc(OC[C@@H](C)CC)c(/C=C/C=C/C=C/c2cc(OC[C@@H](C)CC)ccc2OC[C@@H](C)CC)c1. The van der Waals surface area contributed by atoms with Crippen LogP contribution in [0.25, 0.3) is 12.2 Å². The van der Waals surface area contributed by atoms with Crippen LogP contribution in [-0.2, 0) is 0 Å². The molecule has 0 bridgehead atoms. The molecule has 0 saturated heterocycles. The molecule has 0 aliphatic carbocycles. The molecule has 0 heterocycles. The van der Waals surface area contributed by atoms with E-state index in [1.165, 1.54) is 0 Å². The van der Waals surface area contributed by atoms with Crippen LogP contribution in [0.4, 0.5) is 0 Å². The van der Waals surface area contributed by atoms with Crippen LogP contribution < -0.4 is 18.9 Å². The van der Waals surface area contributed by atoms with E-state index in [-0.39, 0.29) is 0 Å². The second-order valence-electron chi connectivity index (χ2n) is 11.8. The highest BCUT2D eigenvalue weighted by atomic mass is 16.5. The molecule has 0 amide bonds. The van der Waals surface area contributed by atoms with E-state index < -0.39 is 0 Å². The van der Waals surface area contributed by atoms with Gasteiger partial charge in [-0.15, -0.1) is 0 Å². The zero-order valence-corrected chi connectivity index (χ0v) is 27.5. The van der Waals surface area contributed by atoms with E-state index in [1.54, 1.807) is 0 Å². The summed E-state index contributed by atoms with van der Waals surface area (Å²) in [5.41, 5.74) is 2.03. The Kier molecular flexibility index (Phi) is 16.6. The lowest BCUT2D eigenvalue weighted by Gasteiger charge is -2.15. The summed E-state index contributed by atoms with van der Waals surface area (Å²) in [4.78, 5) is 0. The summed E-state index contributed by atoms with van der Waals surface area (Å²) in [6.07, 6.45) is 16.7. The van der Waals surface area contributed by atoms with Crippen LogP contribution in [-0.4, -0.2) is 26.4 Å². The lowest BCUT2D eigenvalue weighted by Crippen LogP contribution is -2.09. The van der Waals surface area contributed by atoms with Crippen LogP contribution in [0.2, 0.25) is 0 Å². The van der Waals surface area contributed by atoms with Crippen molar-refractivity contribution < 1.29 is 18.9 Å². The molecular weight excluding hydrogens is 520 g/mol. The molecule has 2 aromatic rings. The predicted molar refractivity (Wildman–Crippen MR) is 180 cm³/mol. The highest BCUT2D eigenvalue weighted by Gasteiger charge is 2.09. The molecule has 42 heavy (non-hydrogen) atoms. The molecule has 0 unspecified atom stereocenters. The van der Waals surface area contributed by atoms with Crippen molar-refractivity contribution in [3.05, 3.63) is 71.8 Å². The maximum Gasteiger partial charge on any atom is 0.126 e. The maximum absolute atomic E-state index is 6.17. The van der Waals surface area contributed by atoms with Crippen LogP contribution in [0.5, 0.6) is 23.0 Å². The normalized spacial score (nSPS) is 14.8. The summed E-state index contributed by atoms with van der Waals surface area (Å²) in [5.74, 6) is 5.55. The van der Waals surface area contributed by atoms with Crippen molar-refractivity contribution in [2.45, 2.75) is 81.1 Å². The molecule has 0 radical (unpaired) electrons. The third-order valence-electron chi connectivity index (χ3n) is 7.75. The second kappa shape index (κ2) is 19.9. The molecular formula is C38H56O4. The Bertz CT molecular complexity index is 1030. The first kappa shape index (κ1) is 35.1. The lowest BCUT2D eigenvalue weighted by atomic mass is 10.1. The molecule has 4 atom stereocenters. The van der Waals surface area contributed by atoms with Crippen LogP contribution in [0, 0.1) is 23.7 Å². The first-order valence-corrected chi connectivity index (χ1v) is 16.1. The van der Waals surface area contributed by atoms with Gasteiger partial charge in [-0.05, 0) is 60.1 Å². The van der Waals surface area contributed by atoms with E-state index in [0.29, 0.717) is 50.1 Å². The fraction of sp³-hybridized carbons (Fsp3) is 0.526. The summed E-state index contributed by atoms with van der Waals surface area (Å²) >= 11 is 0. The molecule has 0 N–H and O–H groups in total. The second-order valence-corrected chi connectivity index (χ2v) is 11.8. The zero-order chi connectivity index (χ0) is 30.7. The molecule has 2 aromatic carbocycles. The molecule has 0 spiro atoms. The summed E-state index contributed by atoms with van der Waals surface area (Å²) < 4.78 is 24.4. The first-order valence-electron chi connectivity index (χ1n) is 16.1. The van der Waals surface area contributed by atoms with Gasteiger partial charge in [0.15, 0.2) is 0 Å². The molecule has 4 heteroatoms. The first-order chi connectivity index (χ1) is 20.3.